The van der Waals surface area contributed by atoms with Crippen LogP contribution in [0, 0.1) is 17.3 Å². The first-order chi connectivity index (χ1) is 8.19. The van der Waals surface area contributed by atoms with Gasteiger partial charge in [0.1, 0.15) is 0 Å². The summed E-state index contributed by atoms with van der Waals surface area (Å²) in [6.07, 6.45) is 1.71. The molecule has 0 fully saturated rings. The van der Waals surface area contributed by atoms with Crippen molar-refractivity contribution in [3.8, 4) is 0 Å². The van der Waals surface area contributed by atoms with E-state index in [0.717, 1.165) is 12.8 Å². The summed E-state index contributed by atoms with van der Waals surface area (Å²) >= 11 is 0. The van der Waals surface area contributed by atoms with Crippen molar-refractivity contribution in [1.82, 2.24) is 5.32 Å². The van der Waals surface area contributed by atoms with E-state index in [1.165, 1.54) is 0 Å². The Morgan fingerprint density at radius 3 is 2.22 bits per heavy atom. The maximum atomic E-state index is 11.9. The molecule has 0 radical (unpaired) electrons. The van der Waals surface area contributed by atoms with Gasteiger partial charge < -0.3 is 10.4 Å². The summed E-state index contributed by atoms with van der Waals surface area (Å²) in [5.41, 5.74) is -0.383. The highest BCUT2D eigenvalue weighted by molar-refractivity contribution is 5.81. The predicted molar refractivity (Wildman–Crippen MR) is 72.3 cm³/mol. The van der Waals surface area contributed by atoms with Crippen LogP contribution in [0.4, 0.5) is 0 Å². The van der Waals surface area contributed by atoms with Gasteiger partial charge in [-0.05, 0) is 24.7 Å². The molecule has 1 atom stereocenters. The van der Waals surface area contributed by atoms with Crippen molar-refractivity contribution < 1.29 is 14.7 Å². The van der Waals surface area contributed by atoms with Crippen LogP contribution in [0.25, 0.3) is 0 Å². The number of rotatable bonds is 8. The number of aliphatic carboxylic acids is 1. The van der Waals surface area contributed by atoms with Gasteiger partial charge in [-0.2, -0.15) is 0 Å². The van der Waals surface area contributed by atoms with Crippen LogP contribution in [0.15, 0.2) is 0 Å². The van der Waals surface area contributed by atoms with Gasteiger partial charge in [-0.1, -0.05) is 34.6 Å². The van der Waals surface area contributed by atoms with Gasteiger partial charge in [-0.25, -0.2) is 0 Å². The first-order valence-corrected chi connectivity index (χ1v) is 6.69. The molecule has 0 bridgehead atoms. The summed E-state index contributed by atoms with van der Waals surface area (Å²) in [5.74, 6) is -0.349. The van der Waals surface area contributed by atoms with Gasteiger partial charge in [-0.3, -0.25) is 9.59 Å². The molecule has 0 rings (SSSR count). The molecule has 2 N–H and O–H groups in total. The van der Waals surface area contributed by atoms with E-state index in [4.69, 9.17) is 5.11 Å². The maximum Gasteiger partial charge on any atom is 0.303 e. The molecule has 106 valence electrons. The van der Waals surface area contributed by atoms with Crippen LogP contribution < -0.4 is 5.32 Å². The quantitative estimate of drug-likeness (QED) is 0.702. The lowest BCUT2D eigenvalue weighted by molar-refractivity contribution is -0.138. The first kappa shape index (κ1) is 16.9. The van der Waals surface area contributed by atoms with E-state index >= 15 is 0 Å². The fourth-order valence-corrected chi connectivity index (χ4v) is 1.79. The molecule has 1 amide bonds. The average Bonchev–Trinajstić information content (AvgIpc) is 2.23. The molecule has 0 heterocycles. The molecule has 1 unspecified atom stereocenters. The summed E-state index contributed by atoms with van der Waals surface area (Å²) in [7, 11) is 0. The molecule has 0 saturated carbocycles. The molecule has 0 aliphatic rings. The lowest BCUT2D eigenvalue weighted by Gasteiger charge is -2.24. The van der Waals surface area contributed by atoms with Crippen molar-refractivity contribution in [2.45, 2.75) is 53.9 Å². The largest absolute Gasteiger partial charge is 0.481 e. The third kappa shape index (κ3) is 6.62. The predicted octanol–water partition coefficient (Wildman–Crippen LogP) is 2.68. The van der Waals surface area contributed by atoms with Gasteiger partial charge in [-0.15, -0.1) is 0 Å². The average molecular weight is 257 g/mol. The number of carbonyl (C=O) groups is 2. The zero-order chi connectivity index (χ0) is 14.3. The molecule has 0 aromatic carbocycles. The second kappa shape index (κ2) is 7.39. The Bertz CT molecular complexity index is 285. The van der Waals surface area contributed by atoms with E-state index < -0.39 is 5.97 Å². The Balaban J connectivity index is 4.34. The number of hydrogen-bond donors (Lipinski definition) is 2. The summed E-state index contributed by atoms with van der Waals surface area (Å²) in [4.78, 5) is 22.7. The Morgan fingerprint density at radius 1 is 1.28 bits per heavy atom. The molecular weight excluding hydrogens is 230 g/mol. The zero-order valence-electron chi connectivity index (χ0n) is 12.2. The SMILES string of the molecule is CCC(C)(C)C(=O)NCC(CC(=O)O)CC(C)C. The van der Waals surface area contributed by atoms with Gasteiger partial charge in [0.25, 0.3) is 0 Å². The third-order valence-electron chi connectivity index (χ3n) is 3.32. The minimum Gasteiger partial charge on any atom is -0.481 e. The zero-order valence-corrected chi connectivity index (χ0v) is 12.2. The van der Waals surface area contributed by atoms with Crippen molar-refractivity contribution in [1.29, 1.82) is 0 Å². The third-order valence-corrected chi connectivity index (χ3v) is 3.32. The van der Waals surface area contributed by atoms with E-state index in [2.05, 4.69) is 19.2 Å². The Labute approximate surface area is 110 Å². The summed E-state index contributed by atoms with van der Waals surface area (Å²) in [6.45, 7) is 10.3. The molecular formula is C14H27NO3. The minimum absolute atomic E-state index is 0.00384. The number of carboxylic acids is 1. The number of carboxylic acid groups (broad SMARTS) is 1. The van der Waals surface area contributed by atoms with Crippen molar-refractivity contribution in [2.75, 3.05) is 6.54 Å². The maximum absolute atomic E-state index is 11.9. The lowest BCUT2D eigenvalue weighted by atomic mass is 9.88. The van der Waals surface area contributed by atoms with Crippen molar-refractivity contribution in [3.05, 3.63) is 0 Å². The summed E-state index contributed by atoms with van der Waals surface area (Å²) in [6, 6.07) is 0. The summed E-state index contributed by atoms with van der Waals surface area (Å²) in [5, 5.41) is 11.7. The highest BCUT2D eigenvalue weighted by Gasteiger charge is 2.26. The van der Waals surface area contributed by atoms with Gasteiger partial charge in [0.2, 0.25) is 5.91 Å². The van der Waals surface area contributed by atoms with E-state index in [9.17, 15) is 9.59 Å². The molecule has 4 heteroatoms. The van der Waals surface area contributed by atoms with Crippen LogP contribution in [-0.4, -0.2) is 23.5 Å². The molecule has 0 aliphatic carbocycles. The topological polar surface area (TPSA) is 66.4 Å². The first-order valence-electron chi connectivity index (χ1n) is 6.69. The molecule has 4 nitrogen and oxygen atoms in total. The second-order valence-electron chi connectivity index (χ2n) is 6.04. The number of carbonyl (C=O) groups excluding carboxylic acids is 1. The molecule has 0 aromatic rings. The second-order valence-corrected chi connectivity index (χ2v) is 6.04. The standard InChI is InChI=1S/C14H27NO3/c1-6-14(4,5)13(18)15-9-11(7-10(2)3)8-12(16)17/h10-11H,6-9H2,1-5H3,(H,15,18)(H,16,17). The Morgan fingerprint density at radius 2 is 1.83 bits per heavy atom. The molecule has 0 aromatic heterocycles. The number of nitrogens with one attached hydrogen (secondary N) is 1. The van der Waals surface area contributed by atoms with Crippen molar-refractivity contribution >= 4 is 11.9 Å². The van der Waals surface area contributed by atoms with Crippen LogP contribution in [0.3, 0.4) is 0 Å². The lowest BCUT2D eigenvalue weighted by Crippen LogP contribution is -2.39. The highest BCUT2D eigenvalue weighted by atomic mass is 16.4. The van der Waals surface area contributed by atoms with Crippen LogP contribution >= 0.6 is 0 Å². The Kier molecular flexibility index (Phi) is 6.96. The van der Waals surface area contributed by atoms with Crippen LogP contribution in [-0.2, 0) is 9.59 Å². The van der Waals surface area contributed by atoms with Crippen molar-refractivity contribution in [2.24, 2.45) is 17.3 Å². The van der Waals surface area contributed by atoms with Gasteiger partial charge in [0, 0.05) is 18.4 Å². The van der Waals surface area contributed by atoms with Crippen LogP contribution in [0.5, 0.6) is 0 Å². The molecule has 18 heavy (non-hydrogen) atoms. The fraction of sp³-hybridized carbons (Fsp3) is 0.857. The Hall–Kier alpha value is -1.06. The normalized spacial score (nSPS) is 13.4. The van der Waals surface area contributed by atoms with Gasteiger partial charge >= 0.3 is 5.97 Å². The summed E-state index contributed by atoms with van der Waals surface area (Å²) < 4.78 is 0. The van der Waals surface area contributed by atoms with Crippen molar-refractivity contribution in [3.63, 3.8) is 0 Å². The van der Waals surface area contributed by atoms with E-state index in [1.807, 2.05) is 20.8 Å². The van der Waals surface area contributed by atoms with E-state index in [0.29, 0.717) is 12.5 Å². The van der Waals surface area contributed by atoms with Crippen LogP contribution in [0.1, 0.15) is 53.9 Å². The smallest absolute Gasteiger partial charge is 0.303 e. The monoisotopic (exact) mass is 257 g/mol. The van der Waals surface area contributed by atoms with Gasteiger partial charge in [0.15, 0.2) is 0 Å². The molecule has 0 saturated heterocycles. The highest BCUT2D eigenvalue weighted by Crippen LogP contribution is 2.20. The fourth-order valence-electron chi connectivity index (χ4n) is 1.79. The number of hydrogen-bond acceptors (Lipinski definition) is 2. The minimum atomic E-state index is -0.801. The van der Waals surface area contributed by atoms with Crippen LogP contribution in [0.2, 0.25) is 0 Å². The number of amides is 1. The van der Waals surface area contributed by atoms with E-state index in [1.54, 1.807) is 0 Å². The van der Waals surface area contributed by atoms with Gasteiger partial charge in [0.05, 0.1) is 0 Å². The molecule has 0 aliphatic heterocycles. The van der Waals surface area contributed by atoms with E-state index in [-0.39, 0.29) is 23.7 Å². The molecule has 0 spiro atoms.